The molecule has 0 amide bonds. The molecular formula is C15H13ClN2O2. The Kier molecular flexibility index (Phi) is 3.51. The van der Waals surface area contributed by atoms with Crippen LogP contribution in [-0.4, -0.2) is 21.2 Å². The second-order valence-corrected chi connectivity index (χ2v) is 5.36. The standard InChI is InChI=1S/C15H13ClN2O2/c16-11-4-5-13-10(6-11)8-17-14(15(20)18-13)9-2-1-3-12(19)7-9/h1,3-6,8-9,12,19H,2,7H2. The van der Waals surface area contributed by atoms with Crippen molar-refractivity contribution in [3.05, 3.63) is 57.6 Å². The summed E-state index contributed by atoms with van der Waals surface area (Å²) in [5, 5.41) is 11.0. The minimum Gasteiger partial charge on any atom is -0.389 e. The molecule has 1 aromatic carbocycles. The number of aliphatic hydroxyl groups is 1. The van der Waals surface area contributed by atoms with Gasteiger partial charge in [0, 0.05) is 22.5 Å². The van der Waals surface area contributed by atoms with Crippen molar-refractivity contribution in [3.63, 3.8) is 0 Å². The number of halogens is 1. The van der Waals surface area contributed by atoms with Crippen LogP contribution >= 0.6 is 11.6 Å². The first kappa shape index (κ1) is 13.2. The van der Waals surface area contributed by atoms with Crippen molar-refractivity contribution in [3.8, 4) is 0 Å². The van der Waals surface area contributed by atoms with Gasteiger partial charge in [0.15, 0.2) is 0 Å². The average molecular weight is 289 g/mol. The highest BCUT2D eigenvalue weighted by atomic mass is 35.5. The van der Waals surface area contributed by atoms with Gasteiger partial charge in [0.1, 0.15) is 5.69 Å². The predicted octanol–water partition coefficient (Wildman–Crippen LogP) is 2.44. The van der Waals surface area contributed by atoms with Crippen LogP contribution in [0.1, 0.15) is 24.5 Å². The summed E-state index contributed by atoms with van der Waals surface area (Å²) in [5.41, 5.74) is 0.639. The van der Waals surface area contributed by atoms with Crippen molar-refractivity contribution >= 4 is 22.5 Å². The van der Waals surface area contributed by atoms with E-state index in [2.05, 4.69) is 9.97 Å². The van der Waals surface area contributed by atoms with E-state index in [1.54, 1.807) is 30.5 Å². The Morgan fingerprint density at radius 2 is 2.20 bits per heavy atom. The summed E-state index contributed by atoms with van der Waals surface area (Å²) in [4.78, 5) is 20.6. The molecule has 0 radical (unpaired) electrons. The zero-order chi connectivity index (χ0) is 14.1. The molecule has 0 saturated carbocycles. The molecule has 4 nitrogen and oxygen atoms in total. The maximum Gasteiger partial charge on any atom is 0.292 e. The molecule has 0 saturated heterocycles. The number of allylic oxidation sites excluding steroid dienone is 1. The SMILES string of the molecule is O=c1nc2ccc(Cl)cc2cnc1C1CC=CC(O)C1. The third-order valence-corrected chi connectivity index (χ3v) is 3.70. The molecule has 0 aliphatic heterocycles. The zero-order valence-corrected chi connectivity index (χ0v) is 11.4. The third kappa shape index (κ3) is 2.57. The van der Waals surface area contributed by atoms with Crippen LogP contribution < -0.4 is 5.56 Å². The van der Waals surface area contributed by atoms with Gasteiger partial charge in [-0.05, 0) is 31.0 Å². The van der Waals surface area contributed by atoms with Crippen LogP contribution in [0.3, 0.4) is 0 Å². The maximum atomic E-state index is 12.2. The first-order chi connectivity index (χ1) is 9.63. The minimum absolute atomic E-state index is 0.0905. The molecule has 5 heteroatoms. The Hall–Kier alpha value is -1.78. The van der Waals surface area contributed by atoms with Gasteiger partial charge in [0.05, 0.1) is 11.6 Å². The van der Waals surface area contributed by atoms with Gasteiger partial charge in [-0.3, -0.25) is 9.78 Å². The topological polar surface area (TPSA) is 63.1 Å². The quantitative estimate of drug-likeness (QED) is 0.819. The van der Waals surface area contributed by atoms with Gasteiger partial charge < -0.3 is 5.11 Å². The van der Waals surface area contributed by atoms with E-state index in [9.17, 15) is 9.90 Å². The van der Waals surface area contributed by atoms with Gasteiger partial charge in [0.2, 0.25) is 0 Å². The third-order valence-electron chi connectivity index (χ3n) is 3.46. The van der Waals surface area contributed by atoms with Crippen molar-refractivity contribution < 1.29 is 5.11 Å². The van der Waals surface area contributed by atoms with Crippen LogP contribution in [0.2, 0.25) is 5.02 Å². The summed E-state index contributed by atoms with van der Waals surface area (Å²) in [5.74, 6) is -0.0905. The van der Waals surface area contributed by atoms with Crippen molar-refractivity contribution in [1.29, 1.82) is 0 Å². The fourth-order valence-electron chi connectivity index (χ4n) is 2.46. The lowest BCUT2D eigenvalue weighted by Gasteiger charge is -2.19. The van der Waals surface area contributed by atoms with Crippen LogP contribution in [0.4, 0.5) is 0 Å². The highest BCUT2D eigenvalue weighted by Gasteiger charge is 2.21. The van der Waals surface area contributed by atoms with Gasteiger partial charge in [-0.25, -0.2) is 4.98 Å². The molecule has 0 fully saturated rings. The molecule has 0 bridgehead atoms. The monoisotopic (exact) mass is 288 g/mol. The normalized spacial score (nSPS) is 22.1. The molecule has 1 N–H and O–H groups in total. The van der Waals surface area contributed by atoms with E-state index in [1.165, 1.54) is 0 Å². The van der Waals surface area contributed by atoms with Gasteiger partial charge in [-0.1, -0.05) is 23.8 Å². The predicted molar refractivity (Wildman–Crippen MR) is 77.9 cm³/mol. The molecule has 1 aliphatic rings. The Morgan fingerprint density at radius 1 is 1.35 bits per heavy atom. The molecule has 2 unspecified atom stereocenters. The van der Waals surface area contributed by atoms with Crippen LogP contribution in [-0.2, 0) is 0 Å². The largest absolute Gasteiger partial charge is 0.389 e. The van der Waals surface area contributed by atoms with E-state index >= 15 is 0 Å². The fraction of sp³-hybridized carbons (Fsp3) is 0.267. The fourth-order valence-corrected chi connectivity index (χ4v) is 2.64. The molecule has 102 valence electrons. The summed E-state index contributed by atoms with van der Waals surface area (Å²) in [6, 6.07) is 5.14. The first-order valence-electron chi connectivity index (χ1n) is 6.45. The number of fused-ring (bicyclic) bond motifs is 1. The first-order valence-corrected chi connectivity index (χ1v) is 6.82. The van der Waals surface area contributed by atoms with E-state index in [-0.39, 0.29) is 11.5 Å². The Balaban J connectivity index is 2.13. The summed E-state index contributed by atoms with van der Waals surface area (Å²) in [7, 11) is 0. The van der Waals surface area contributed by atoms with Crippen molar-refractivity contribution in [2.75, 3.05) is 0 Å². The Morgan fingerprint density at radius 3 is 3.00 bits per heavy atom. The molecule has 2 aromatic rings. The number of aliphatic hydroxyl groups excluding tert-OH is 1. The molecule has 0 spiro atoms. The lowest BCUT2D eigenvalue weighted by molar-refractivity contribution is 0.194. The summed E-state index contributed by atoms with van der Waals surface area (Å²) in [6.45, 7) is 0. The smallest absolute Gasteiger partial charge is 0.292 e. The summed E-state index contributed by atoms with van der Waals surface area (Å²) < 4.78 is 0. The van der Waals surface area contributed by atoms with Crippen LogP contribution in [0, 0.1) is 0 Å². The molecule has 20 heavy (non-hydrogen) atoms. The summed E-state index contributed by atoms with van der Waals surface area (Å²) in [6.07, 6.45) is 5.92. The van der Waals surface area contributed by atoms with Crippen molar-refractivity contribution in [2.24, 2.45) is 0 Å². The van der Waals surface area contributed by atoms with E-state index in [4.69, 9.17) is 11.6 Å². The van der Waals surface area contributed by atoms with Gasteiger partial charge in [-0.2, -0.15) is 0 Å². The van der Waals surface area contributed by atoms with Gasteiger partial charge >= 0.3 is 0 Å². The lowest BCUT2D eigenvalue weighted by Crippen LogP contribution is -2.21. The highest BCUT2D eigenvalue weighted by Crippen LogP contribution is 2.26. The molecule has 2 atom stereocenters. The number of benzene rings is 1. The minimum atomic E-state index is -0.524. The number of hydrogen-bond donors (Lipinski definition) is 1. The van der Waals surface area contributed by atoms with E-state index in [1.807, 2.05) is 6.08 Å². The molecular weight excluding hydrogens is 276 g/mol. The molecule has 1 aromatic heterocycles. The number of aromatic nitrogens is 2. The Bertz CT molecular complexity index is 745. The number of rotatable bonds is 1. The summed E-state index contributed by atoms with van der Waals surface area (Å²) >= 11 is 5.93. The average Bonchev–Trinajstić information content (AvgIpc) is 2.57. The second kappa shape index (κ2) is 5.31. The van der Waals surface area contributed by atoms with Crippen LogP contribution in [0.15, 0.2) is 41.3 Å². The van der Waals surface area contributed by atoms with Crippen LogP contribution in [0.25, 0.3) is 10.9 Å². The number of hydrogen-bond acceptors (Lipinski definition) is 4. The zero-order valence-electron chi connectivity index (χ0n) is 10.7. The van der Waals surface area contributed by atoms with Gasteiger partial charge in [0.25, 0.3) is 5.56 Å². The van der Waals surface area contributed by atoms with E-state index in [0.29, 0.717) is 29.1 Å². The molecule has 1 heterocycles. The van der Waals surface area contributed by atoms with Gasteiger partial charge in [-0.15, -0.1) is 0 Å². The van der Waals surface area contributed by atoms with E-state index < -0.39 is 6.10 Å². The second-order valence-electron chi connectivity index (χ2n) is 4.93. The van der Waals surface area contributed by atoms with Crippen LogP contribution in [0.5, 0.6) is 0 Å². The molecule has 1 aliphatic carbocycles. The van der Waals surface area contributed by atoms with E-state index in [0.717, 1.165) is 5.39 Å². The van der Waals surface area contributed by atoms with Crippen molar-refractivity contribution in [2.45, 2.75) is 24.9 Å². The van der Waals surface area contributed by atoms with Crippen molar-refractivity contribution in [1.82, 2.24) is 9.97 Å². The lowest BCUT2D eigenvalue weighted by atomic mass is 9.90. The Labute approximate surface area is 120 Å². The maximum absolute atomic E-state index is 12.2. The number of nitrogens with zero attached hydrogens (tertiary/aromatic N) is 2. The highest BCUT2D eigenvalue weighted by molar-refractivity contribution is 6.31. The molecule has 3 rings (SSSR count).